The lowest BCUT2D eigenvalue weighted by Gasteiger charge is -2.31. The molecule has 0 spiro atoms. The van der Waals surface area contributed by atoms with E-state index in [-0.39, 0.29) is 11.5 Å². The summed E-state index contributed by atoms with van der Waals surface area (Å²) in [6.45, 7) is 4.91. The monoisotopic (exact) mass is 386 g/mol. The van der Waals surface area contributed by atoms with Crippen LogP contribution in [0.2, 0.25) is 5.02 Å². The summed E-state index contributed by atoms with van der Waals surface area (Å²) in [7, 11) is -1.56. The van der Waals surface area contributed by atoms with Gasteiger partial charge in [0.2, 0.25) is 11.8 Å². The van der Waals surface area contributed by atoms with Gasteiger partial charge in [0.1, 0.15) is 5.41 Å². The molecular formula is C17H23ClN2O4S. The maximum atomic E-state index is 12.8. The highest BCUT2D eigenvalue weighted by atomic mass is 35.5. The van der Waals surface area contributed by atoms with Crippen molar-refractivity contribution in [2.45, 2.75) is 33.2 Å². The van der Waals surface area contributed by atoms with E-state index in [4.69, 9.17) is 11.6 Å². The second-order valence-corrected chi connectivity index (χ2v) is 9.65. The third-order valence-corrected chi connectivity index (χ3v) is 6.77. The molecule has 1 atom stereocenters. The number of aryl methyl sites for hydroxylation is 1. The van der Waals surface area contributed by atoms with Crippen molar-refractivity contribution in [3.05, 3.63) is 28.8 Å². The number of amides is 2. The number of halogens is 1. The number of nitrogens with zero attached hydrogens (tertiary/aromatic N) is 1. The van der Waals surface area contributed by atoms with E-state index in [1.807, 2.05) is 6.92 Å². The first-order valence-corrected chi connectivity index (χ1v) is 10.2. The summed E-state index contributed by atoms with van der Waals surface area (Å²) < 4.78 is 23.2. The SMILES string of the molecule is Cc1ccc(NC(=O)C(C)(C)C(=O)N(C)C2CCS(=O)(=O)C2)cc1Cl. The van der Waals surface area contributed by atoms with Crippen LogP contribution in [0.25, 0.3) is 0 Å². The Bertz CT molecular complexity index is 805. The number of sulfone groups is 1. The Morgan fingerprint density at radius 2 is 1.96 bits per heavy atom. The molecule has 25 heavy (non-hydrogen) atoms. The van der Waals surface area contributed by atoms with Crippen molar-refractivity contribution >= 4 is 38.9 Å². The van der Waals surface area contributed by atoms with Crippen molar-refractivity contribution in [1.29, 1.82) is 0 Å². The maximum Gasteiger partial charge on any atom is 0.239 e. The highest BCUT2D eigenvalue weighted by molar-refractivity contribution is 7.91. The minimum absolute atomic E-state index is 0.0551. The fourth-order valence-corrected chi connectivity index (χ4v) is 4.70. The minimum Gasteiger partial charge on any atom is -0.341 e. The summed E-state index contributed by atoms with van der Waals surface area (Å²) in [5.74, 6) is -0.861. The summed E-state index contributed by atoms with van der Waals surface area (Å²) >= 11 is 6.05. The number of anilines is 1. The van der Waals surface area contributed by atoms with Crippen molar-refractivity contribution in [3.8, 4) is 0 Å². The third kappa shape index (κ3) is 4.33. The van der Waals surface area contributed by atoms with Crippen LogP contribution in [0.1, 0.15) is 25.8 Å². The summed E-state index contributed by atoms with van der Waals surface area (Å²) in [6.07, 6.45) is 0.399. The number of hydrogen-bond acceptors (Lipinski definition) is 4. The van der Waals surface area contributed by atoms with Crippen LogP contribution in [-0.2, 0) is 19.4 Å². The average molecular weight is 387 g/mol. The first-order chi connectivity index (χ1) is 11.4. The van der Waals surface area contributed by atoms with Crippen LogP contribution in [-0.4, -0.2) is 49.7 Å². The van der Waals surface area contributed by atoms with Crippen molar-refractivity contribution in [2.75, 3.05) is 23.9 Å². The highest BCUT2D eigenvalue weighted by Gasteiger charge is 2.42. The van der Waals surface area contributed by atoms with Gasteiger partial charge in [-0.15, -0.1) is 0 Å². The lowest BCUT2D eigenvalue weighted by Crippen LogP contribution is -2.49. The topological polar surface area (TPSA) is 83.6 Å². The van der Waals surface area contributed by atoms with E-state index in [9.17, 15) is 18.0 Å². The van der Waals surface area contributed by atoms with Gasteiger partial charge < -0.3 is 10.2 Å². The molecule has 1 N–H and O–H groups in total. The lowest BCUT2D eigenvalue weighted by atomic mass is 9.89. The van der Waals surface area contributed by atoms with Gasteiger partial charge in [0, 0.05) is 23.8 Å². The van der Waals surface area contributed by atoms with Gasteiger partial charge in [-0.25, -0.2) is 8.42 Å². The van der Waals surface area contributed by atoms with E-state index in [1.54, 1.807) is 25.2 Å². The van der Waals surface area contributed by atoms with Gasteiger partial charge in [0.25, 0.3) is 0 Å². The average Bonchev–Trinajstić information content (AvgIpc) is 2.89. The van der Waals surface area contributed by atoms with E-state index >= 15 is 0 Å². The van der Waals surface area contributed by atoms with Crippen LogP contribution >= 0.6 is 11.6 Å². The van der Waals surface area contributed by atoms with Crippen molar-refractivity contribution in [3.63, 3.8) is 0 Å². The fraction of sp³-hybridized carbons (Fsp3) is 0.529. The first-order valence-electron chi connectivity index (χ1n) is 7.99. The normalized spacial score (nSPS) is 19.5. The predicted octanol–water partition coefficient (Wildman–Crippen LogP) is 2.26. The van der Waals surface area contributed by atoms with Crippen LogP contribution in [0.5, 0.6) is 0 Å². The van der Waals surface area contributed by atoms with Gasteiger partial charge in [-0.3, -0.25) is 9.59 Å². The molecule has 1 aromatic carbocycles. The number of carbonyl (C=O) groups is 2. The summed E-state index contributed by atoms with van der Waals surface area (Å²) in [5.41, 5.74) is 0.0584. The number of hydrogen-bond donors (Lipinski definition) is 1. The smallest absolute Gasteiger partial charge is 0.239 e. The molecule has 0 saturated carbocycles. The van der Waals surface area contributed by atoms with Crippen LogP contribution < -0.4 is 5.32 Å². The number of carbonyl (C=O) groups excluding carboxylic acids is 2. The Hall–Kier alpha value is -1.60. The molecule has 2 rings (SSSR count). The van der Waals surface area contributed by atoms with Gasteiger partial charge in [-0.1, -0.05) is 17.7 Å². The van der Waals surface area contributed by atoms with Crippen LogP contribution in [0, 0.1) is 12.3 Å². The largest absolute Gasteiger partial charge is 0.341 e. The number of rotatable bonds is 4. The van der Waals surface area contributed by atoms with Crippen LogP contribution in [0.3, 0.4) is 0 Å². The van der Waals surface area contributed by atoms with Crippen molar-refractivity contribution in [1.82, 2.24) is 4.90 Å². The highest BCUT2D eigenvalue weighted by Crippen LogP contribution is 2.27. The third-order valence-electron chi connectivity index (χ3n) is 4.61. The molecule has 0 bridgehead atoms. The van der Waals surface area contributed by atoms with Crippen molar-refractivity contribution < 1.29 is 18.0 Å². The minimum atomic E-state index is -3.11. The molecule has 0 radical (unpaired) electrons. The maximum absolute atomic E-state index is 12.8. The van der Waals surface area contributed by atoms with E-state index in [0.29, 0.717) is 17.1 Å². The van der Waals surface area contributed by atoms with Crippen LogP contribution in [0.15, 0.2) is 18.2 Å². The predicted molar refractivity (Wildman–Crippen MR) is 98.4 cm³/mol. The zero-order chi connectivity index (χ0) is 19.0. The summed E-state index contributed by atoms with van der Waals surface area (Å²) in [5, 5.41) is 3.23. The molecule has 0 aliphatic carbocycles. The van der Waals surface area contributed by atoms with E-state index in [0.717, 1.165) is 5.56 Å². The quantitative estimate of drug-likeness (QED) is 0.804. The van der Waals surface area contributed by atoms with E-state index < -0.39 is 33.1 Å². The molecule has 0 aromatic heterocycles. The van der Waals surface area contributed by atoms with Gasteiger partial charge in [0.05, 0.1) is 11.5 Å². The molecule has 1 aromatic rings. The first kappa shape index (κ1) is 19.7. The van der Waals surface area contributed by atoms with Gasteiger partial charge >= 0.3 is 0 Å². The van der Waals surface area contributed by atoms with Gasteiger partial charge in [0.15, 0.2) is 9.84 Å². The van der Waals surface area contributed by atoms with Crippen molar-refractivity contribution in [2.24, 2.45) is 5.41 Å². The second kappa shape index (κ2) is 6.96. The molecule has 1 unspecified atom stereocenters. The molecule has 2 amide bonds. The molecule has 8 heteroatoms. The van der Waals surface area contributed by atoms with E-state index in [2.05, 4.69) is 5.32 Å². The fourth-order valence-electron chi connectivity index (χ4n) is 2.74. The van der Waals surface area contributed by atoms with Gasteiger partial charge in [-0.05, 0) is 44.9 Å². The molecule has 1 saturated heterocycles. The van der Waals surface area contributed by atoms with Gasteiger partial charge in [-0.2, -0.15) is 0 Å². The summed E-state index contributed by atoms with van der Waals surface area (Å²) in [4.78, 5) is 26.7. The Kier molecular flexibility index (Phi) is 5.49. The molecule has 1 aliphatic heterocycles. The Balaban J connectivity index is 2.11. The summed E-state index contributed by atoms with van der Waals surface area (Å²) in [6, 6.07) is 4.73. The number of benzene rings is 1. The Labute approximate surface area is 153 Å². The molecule has 6 nitrogen and oxygen atoms in total. The van der Waals surface area contributed by atoms with Crippen LogP contribution in [0.4, 0.5) is 5.69 Å². The molecule has 1 aliphatic rings. The standard InChI is InChI=1S/C17H23ClN2O4S/c1-11-5-6-12(9-14(11)18)19-15(21)17(2,3)16(22)20(4)13-7-8-25(23,24)10-13/h5-6,9,13H,7-8,10H2,1-4H3,(H,19,21). The second-order valence-electron chi connectivity index (χ2n) is 7.02. The van der Waals surface area contributed by atoms with E-state index in [1.165, 1.54) is 18.7 Å². The Morgan fingerprint density at radius 3 is 2.48 bits per heavy atom. The zero-order valence-electron chi connectivity index (χ0n) is 14.8. The number of nitrogens with one attached hydrogen (secondary N) is 1. The molecule has 1 heterocycles. The molecule has 138 valence electrons. The zero-order valence-corrected chi connectivity index (χ0v) is 16.4. The molecular weight excluding hydrogens is 364 g/mol. The Morgan fingerprint density at radius 1 is 1.32 bits per heavy atom. The lowest BCUT2D eigenvalue weighted by molar-refractivity contribution is -0.146. The molecule has 1 fully saturated rings.